The number of pyridine rings is 1. The summed E-state index contributed by atoms with van der Waals surface area (Å²) >= 11 is 0. The molecule has 0 aliphatic rings. The fourth-order valence-electron chi connectivity index (χ4n) is 3.59. The van der Waals surface area contributed by atoms with Crippen molar-refractivity contribution >= 4 is 10.9 Å². The molecule has 2 aromatic carbocycles. The molecule has 0 aliphatic carbocycles. The van der Waals surface area contributed by atoms with Gasteiger partial charge in [0.15, 0.2) is 0 Å². The molecular formula is C23H23FN4O. The van der Waals surface area contributed by atoms with Crippen molar-refractivity contribution in [2.75, 3.05) is 0 Å². The highest BCUT2D eigenvalue weighted by atomic mass is 19.1. The zero-order chi connectivity index (χ0) is 20.4. The molecule has 4 rings (SSSR count). The molecule has 5 nitrogen and oxygen atoms in total. The van der Waals surface area contributed by atoms with E-state index in [1.165, 1.54) is 12.1 Å². The fraction of sp³-hybridized carbons (Fsp3) is 0.261. The van der Waals surface area contributed by atoms with Crippen molar-refractivity contribution in [3.05, 3.63) is 78.0 Å². The normalized spacial score (nSPS) is 11.9. The standard InChI is InChI=1S/C23H23FN4O/c1-3-23(29,4-2)22-15-28(27-26-22)14-16-8-9-20-19(10-11-25-21(20)12-16)17-6-5-7-18(24)13-17/h5-13,15,29H,3-4,14H2,1-2H3. The van der Waals surface area contributed by atoms with Crippen LogP contribution in [0.2, 0.25) is 0 Å². The smallest absolute Gasteiger partial charge is 0.123 e. The van der Waals surface area contributed by atoms with E-state index >= 15 is 0 Å². The number of aromatic nitrogens is 4. The minimum absolute atomic E-state index is 0.259. The molecule has 6 heteroatoms. The van der Waals surface area contributed by atoms with Crippen LogP contribution in [-0.4, -0.2) is 25.1 Å². The third-order valence-corrected chi connectivity index (χ3v) is 5.47. The predicted octanol–water partition coefficient (Wildman–Crippen LogP) is 4.69. The Kier molecular flexibility index (Phi) is 5.11. The van der Waals surface area contributed by atoms with Crippen molar-refractivity contribution in [3.8, 4) is 11.1 Å². The number of hydrogen-bond donors (Lipinski definition) is 1. The van der Waals surface area contributed by atoms with Crippen molar-refractivity contribution in [3.63, 3.8) is 0 Å². The monoisotopic (exact) mass is 390 g/mol. The van der Waals surface area contributed by atoms with E-state index in [0.717, 1.165) is 27.6 Å². The van der Waals surface area contributed by atoms with Gasteiger partial charge in [-0.3, -0.25) is 4.98 Å². The molecule has 2 aromatic heterocycles. The molecule has 0 atom stereocenters. The first-order valence-electron chi connectivity index (χ1n) is 9.79. The average molecular weight is 390 g/mol. The molecule has 0 unspecified atom stereocenters. The molecule has 0 amide bonds. The van der Waals surface area contributed by atoms with Gasteiger partial charge in [0, 0.05) is 11.6 Å². The van der Waals surface area contributed by atoms with E-state index in [-0.39, 0.29) is 5.82 Å². The molecule has 0 saturated carbocycles. The van der Waals surface area contributed by atoms with Crippen LogP contribution in [0.3, 0.4) is 0 Å². The second-order valence-electron chi connectivity index (χ2n) is 7.26. The highest BCUT2D eigenvalue weighted by Crippen LogP contribution is 2.29. The molecule has 0 aliphatic heterocycles. The van der Waals surface area contributed by atoms with E-state index in [1.807, 2.05) is 44.2 Å². The third-order valence-electron chi connectivity index (χ3n) is 5.47. The Bertz CT molecular complexity index is 1150. The van der Waals surface area contributed by atoms with Crippen molar-refractivity contribution in [2.45, 2.75) is 38.8 Å². The summed E-state index contributed by atoms with van der Waals surface area (Å²) in [7, 11) is 0. The second kappa shape index (κ2) is 7.72. The summed E-state index contributed by atoms with van der Waals surface area (Å²) in [6, 6.07) is 14.5. The number of fused-ring (bicyclic) bond motifs is 1. The highest BCUT2D eigenvalue weighted by molar-refractivity contribution is 5.94. The summed E-state index contributed by atoms with van der Waals surface area (Å²) < 4.78 is 15.4. The van der Waals surface area contributed by atoms with Gasteiger partial charge >= 0.3 is 0 Å². The van der Waals surface area contributed by atoms with Gasteiger partial charge < -0.3 is 5.11 Å². The van der Waals surface area contributed by atoms with Gasteiger partial charge in [0.2, 0.25) is 0 Å². The number of rotatable bonds is 6. The lowest BCUT2D eigenvalue weighted by Gasteiger charge is -2.21. The van der Waals surface area contributed by atoms with Gasteiger partial charge in [0.1, 0.15) is 17.1 Å². The largest absolute Gasteiger partial charge is 0.383 e. The molecule has 0 saturated heterocycles. The zero-order valence-corrected chi connectivity index (χ0v) is 16.5. The minimum atomic E-state index is -0.941. The van der Waals surface area contributed by atoms with Crippen molar-refractivity contribution in [1.82, 2.24) is 20.0 Å². The average Bonchev–Trinajstić information content (AvgIpc) is 3.21. The molecule has 148 valence electrons. The van der Waals surface area contributed by atoms with Crippen LogP contribution in [0.25, 0.3) is 22.0 Å². The fourth-order valence-corrected chi connectivity index (χ4v) is 3.59. The van der Waals surface area contributed by atoms with E-state index in [4.69, 9.17) is 0 Å². The summed E-state index contributed by atoms with van der Waals surface area (Å²) in [6.07, 6.45) is 4.71. The van der Waals surface area contributed by atoms with E-state index in [0.29, 0.717) is 25.1 Å². The van der Waals surface area contributed by atoms with Gasteiger partial charge in [0.05, 0.1) is 18.3 Å². The number of nitrogens with zero attached hydrogens (tertiary/aromatic N) is 4. The Labute approximate surface area is 168 Å². The third kappa shape index (κ3) is 3.76. The van der Waals surface area contributed by atoms with Gasteiger partial charge in [-0.25, -0.2) is 9.07 Å². The molecule has 0 spiro atoms. The Hall–Kier alpha value is -3.12. The van der Waals surface area contributed by atoms with Gasteiger partial charge in [-0.1, -0.05) is 43.3 Å². The summed E-state index contributed by atoms with van der Waals surface area (Å²) in [6.45, 7) is 4.40. The van der Waals surface area contributed by atoms with E-state index in [1.54, 1.807) is 23.1 Å². The molecule has 0 fully saturated rings. The lowest BCUT2D eigenvalue weighted by molar-refractivity contribution is 0.0239. The van der Waals surface area contributed by atoms with Crippen LogP contribution in [0.4, 0.5) is 4.39 Å². The Morgan fingerprint density at radius 2 is 1.90 bits per heavy atom. The Morgan fingerprint density at radius 1 is 1.07 bits per heavy atom. The van der Waals surface area contributed by atoms with E-state index in [9.17, 15) is 9.50 Å². The molecule has 1 N–H and O–H groups in total. The van der Waals surface area contributed by atoms with Crippen LogP contribution in [0.15, 0.2) is 60.9 Å². The lowest BCUT2D eigenvalue weighted by atomic mass is 9.94. The van der Waals surface area contributed by atoms with Crippen molar-refractivity contribution < 1.29 is 9.50 Å². The van der Waals surface area contributed by atoms with Crippen LogP contribution in [0.5, 0.6) is 0 Å². The number of halogens is 1. The van der Waals surface area contributed by atoms with Crippen LogP contribution in [0.1, 0.15) is 37.9 Å². The molecule has 29 heavy (non-hydrogen) atoms. The SMILES string of the molecule is CCC(O)(CC)c1cn(Cc2ccc3c(-c4cccc(F)c4)ccnc3c2)nn1. The van der Waals surface area contributed by atoms with E-state index < -0.39 is 5.60 Å². The van der Waals surface area contributed by atoms with Crippen LogP contribution >= 0.6 is 0 Å². The maximum Gasteiger partial charge on any atom is 0.123 e. The maximum absolute atomic E-state index is 13.6. The predicted molar refractivity (Wildman–Crippen MR) is 111 cm³/mol. The molecule has 2 heterocycles. The molecule has 0 radical (unpaired) electrons. The number of aliphatic hydroxyl groups is 1. The van der Waals surface area contributed by atoms with Crippen molar-refractivity contribution in [1.29, 1.82) is 0 Å². The van der Waals surface area contributed by atoms with E-state index in [2.05, 4.69) is 15.3 Å². The Morgan fingerprint density at radius 3 is 2.66 bits per heavy atom. The lowest BCUT2D eigenvalue weighted by Crippen LogP contribution is -2.23. The van der Waals surface area contributed by atoms with Gasteiger partial charge in [-0.05, 0) is 53.8 Å². The van der Waals surface area contributed by atoms with Crippen LogP contribution < -0.4 is 0 Å². The number of hydrogen-bond acceptors (Lipinski definition) is 4. The van der Waals surface area contributed by atoms with Crippen LogP contribution in [0, 0.1) is 5.82 Å². The minimum Gasteiger partial charge on any atom is -0.383 e. The first kappa shape index (κ1) is 19.2. The maximum atomic E-state index is 13.6. The first-order chi connectivity index (χ1) is 14.0. The summed E-state index contributed by atoms with van der Waals surface area (Å²) in [4.78, 5) is 4.48. The number of benzene rings is 2. The van der Waals surface area contributed by atoms with Gasteiger partial charge in [-0.2, -0.15) is 0 Å². The second-order valence-corrected chi connectivity index (χ2v) is 7.26. The summed E-state index contributed by atoms with van der Waals surface area (Å²) in [5, 5.41) is 19.9. The van der Waals surface area contributed by atoms with Gasteiger partial charge in [0.25, 0.3) is 0 Å². The van der Waals surface area contributed by atoms with Gasteiger partial charge in [-0.15, -0.1) is 5.10 Å². The summed E-state index contributed by atoms with van der Waals surface area (Å²) in [5.74, 6) is -0.259. The highest BCUT2D eigenvalue weighted by Gasteiger charge is 2.28. The zero-order valence-electron chi connectivity index (χ0n) is 16.5. The van der Waals surface area contributed by atoms with Crippen molar-refractivity contribution in [2.24, 2.45) is 0 Å². The molecular weight excluding hydrogens is 367 g/mol. The Balaban J connectivity index is 1.65. The molecule has 0 bridgehead atoms. The topological polar surface area (TPSA) is 63.8 Å². The quantitative estimate of drug-likeness (QED) is 0.519. The first-order valence-corrected chi connectivity index (χ1v) is 9.79. The summed E-state index contributed by atoms with van der Waals surface area (Å²) in [5.41, 5.74) is 3.28. The van der Waals surface area contributed by atoms with Crippen LogP contribution in [-0.2, 0) is 12.1 Å². The molecule has 4 aromatic rings.